The number of furan rings is 1. The van der Waals surface area contributed by atoms with Gasteiger partial charge in [-0.05, 0) is 104 Å². The van der Waals surface area contributed by atoms with E-state index in [-0.39, 0.29) is 10.8 Å². The van der Waals surface area contributed by atoms with Crippen LogP contribution in [0.2, 0.25) is 0 Å². The van der Waals surface area contributed by atoms with Gasteiger partial charge in [0.05, 0.1) is 30.0 Å². The number of rotatable bonds is 7. The molecule has 0 aliphatic heterocycles. The Morgan fingerprint density at radius 2 is 1.95 bits per heavy atom. The first-order valence-electron chi connectivity index (χ1n) is 14.6. The van der Waals surface area contributed by atoms with Crippen molar-refractivity contribution in [1.82, 2.24) is 0 Å². The highest BCUT2D eigenvalue weighted by Crippen LogP contribution is 2.60. The van der Waals surface area contributed by atoms with Crippen molar-refractivity contribution < 1.29 is 19.7 Å². The van der Waals surface area contributed by atoms with Crippen LogP contribution in [0.1, 0.15) is 89.9 Å². The summed E-state index contributed by atoms with van der Waals surface area (Å²) in [6.07, 6.45) is 18.8. The quantitative estimate of drug-likeness (QED) is 0.366. The van der Waals surface area contributed by atoms with Crippen LogP contribution in [-0.2, 0) is 11.8 Å². The first kappa shape index (κ1) is 26.7. The molecule has 4 aliphatic carbocycles. The Balaban J connectivity index is 1.28. The number of hydrogen-bond acceptors (Lipinski definition) is 4. The van der Waals surface area contributed by atoms with Gasteiger partial charge in [0.1, 0.15) is 5.76 Å². The van der Waals surface area contributed by atoms with Crippen molar-refractivity contribution in [3.05, 3.63) is 71.3 Å². The molecule has 0 amide bonds. The minimum absolute atomic E-state index is 0.232. The van der Waals surface area contributed by atoms with Crippen LogP contribution in [-0.4, -0.2) is 33.6 Å². The van der Waals surface area contributed by atoms with Crippen molar-refractivity contribution in [2.45, 2.75) is 109 Å². The molecule has 0 bridgehead atoms. The molecule has 4 heteroatoms. The van der Waals surface area contributed by atoms with Gasteiger partial charge in [-0.3, -0.25) is 0 Å². The zero-order chi connectivity index (χ0) is 26.4. The van der Waals surface area contributed by atoms with E-state index < -0.39 is 18.3 Å². The van der Waals surface area contributed by atoms with Crippen molar-refractivity contribution in [1.29, 1.82) is 0 Å². The molecule has 1 heterocycles. The highest BCUT2D eigenvalue weighted by molar-refractivity contribution is 5.39. The largest absolute Gasteiger partial charge is 0.468 e. The SMILES string of the molecule is C=C1/C(=C\C=C2/CCC[C@]3(C)[C@@H]([C@H](C)/C=C/C(O)C4(c5cc(CC)co5)CC4)CC[C@@H]23)CC(O)C[C@@H]1O. The van der Waals surface area contributed by atoms with E-state index in [9.17, 15) is 15.3 Å². The van der Waals surface area contributed by atoms with Crippen LogP contribution in [0.3, 0.4) is 0 Å². The monoisotopic (exact) mass is 506 g/mol. The molecule has 4 nitrogen and oxygen atoms in total. The highest BCUT2D eigenvalue weighted by Gasteiger charge is 2.53. The number of hydrogen-bond donors (Lipinski definition) is 3. The standard InChI is InChI=1S/C33H46O4/c1-5-23-17-31(37-20-23)33(15-16-33)30(36)13-8-21(2)27-11-12-28-24(7-6-14-32(27,28)4)9-10-25-18-26(34)19-29(35)22(25)3/h8-10,13,17,20-21,26-30,34-36H,3,5-7,11-12,14-16,18-19H2,1-2,4H3/b13-8+,24-9+,25-10-/t21-,26?,27-,28+,29+,30?,32-/m1/s1. The third-order valence-electron chi connectivity index (χ3n) is 10.4. The Morgan fingerprint density at radius 1 is 1.16 bits per heavy atom. The van der Waals surface area contributed by atoms with Crippen LogP contribution in [0.25, 0.3) is 0 Å². The van der Waals surface area contributed by atoms with Crippen molar-refractivity contribution in [3.63, 3.8) is 0 Å². The molecule has 4 saturated carbocycles. The van der Waals surface area contributed by atoms with Gasteiger partial charge >= 0.3 is 0 Å². The van der Waals surface area contributed by atoms with Gasteiger partial charge in [0, 0.05) is 6.42 Å². The van der Waals surface area contributed by atoms with Gasteiger partial charge in [0.25, 0.3) is 0 Å². The lowest BCUT2D eigenvalue weighted by molar-refractivity contribution is 0.0862. The molecule has 4 fully saturated rings. The van der Waals surface area contributed by atoms with Crippen LogP contribution in [0.4, 0.5) is 0 Å². The summed E-state index contributed by atoms with van der Waals surface area (Å²) in [5.74, 6) is 2.51. The summed E-state index contributed by atoms with van der Waals surface area (Å²) < 4.78 is 5.86. The van der Waals surface area contributed by atoms with Crippen LogP contribution < -0.4 is 0 Å². The third kappa shape index (κ3) is 4.97. The maximum atomic E-state index is 11.2. The van der Waals surface area contributed by atoms with Crippen LogP contribution in [0.15, 0.2) is 64.3 Å². The molecular weight excluding hydrogens is 460 g/mol. The minimum Gasteiger partial charge on any atom is -0.468 e. The maximum Gasteiger partial charge on any atom is 0.113 e. The molecule has 0 radical (unpaired) electrons. The molecule has 202 valence electrons. The molecule has 0 aromatic carbocycles. The molecule has 37 heavy (non-hydrogen) atoms. The number of fused-ring (bicyclic) bond motifs is 1. The van der Waals surface area contributed by atoms with Gasteiger partial charge in [0.15, 0.2) is 0 Å². The molecule has 5 rings (SSSR count). The summed E-state index contributed by atoms with van der Waals surface area (Å²) in [5, 5.41) is 31.5. The van der Waals surface area contributed by atoms with Gasteiger partial charge in [0.2, 0.25) is 0 Å². The molecular formula is C33H46O4. The summed E-state index contributed by atoms with van der Waals surface area (Å²) in [5.41, 5.74) is 4.49. The summed E-state index contributed by atoms with van der Waals surface area (Å²) in [6, 6.07) is 2.13. The van der Waals surface area contributed by atoms with E-state index in [0.717, 1.165) is 42.6 Å². The van der Waals surface area contributed by atoms with Crippen LogP contribution >= 0.6 is 0 Å². The topological polar surface area (TPSA) is 73.8 Å². The lowest BCUT2D eigenvalue weighted by Crippen LogP contribution is -2.35. The Morgan fingerprint density at radius 3 is 2.65 bits per heavy atom. The average molecular weight is 507 g/mol. The fourth-order valence-electron chi connectivity index (χ4n) is 7.85. The Hall–Kier alpha value is -1.88. The fourth-order valence-corrected chi connectivity index (χ4v) is 7.85. The molecule has 7 atom stereocenters. The fraction of sp³-hybridized carbons (Fsp3) is 0.636. The minimum atomic E-state index is -0.639. The third-order valence-corrected chi connectivity index (χ3v) is 10.4. The molecule has 2 unspecified atom stereocenters. The predicted molar refractivity (Wildman–Crippen MR) is 148 cm³/mol. The summed E-state index contributed by atoms with van der Waals surface area (Å²) in [4.78, 5) is 0. The zero-order valence-corrected chi connectivity index (χ0v) is 23.0. The van der Waals surface area contributed by atoms with E-state index in [0.29, 0.717) is 30.6 Å². The van der Waals surface area contributed by atoms with Crippen LogP contribution in [0.5, 0.6) is 0 Å². The van der Waals surface area contributed by atoms with Crippen molar-refractivity contribution in [3.8, 4) is 0 Å². The van der Waals surface area contributed by atoms with E-state index in [1.165, 1.54) is 36.8 Å². The average Bonchev–Trinajstić information content (AvgIpc) is 3.39. The number of aliphatic hydroxyl groups is 3. The normalized spacial score (nSPS) is 37.3. The summed E-state index contributed by atoms with van der Waals surface area (Å²) in [7, 11) is 0. The highest BCUT2D eigenvalue weighted by atomic mass is 16.3. The van der Waals surface area contributed by atoms with Gasteiger partial charge in [-0.15, -0.1) is 0 Å². The zero-order valence-electron chi connectivity index (χ0n) is 23.0. The Bertz CT molecular complexity index is 1090. The number of allylic oxidation sites excluding steroid dienone is 4. The van der Waals surface area contributed by atoms with E-state index in [1.54, 1.807) is 0 Å². The van der Waals surface area contributed by atoms with E-state index >= 15 is 0 Å². The molecule has 4 aliphatic rings. The molecule has 1 aromatic heterocycles. The van der Waals surface area contributed by atoms with E-state index in [2.05, 4.69) is 57.7 Å². The van der Waals surface area contributed by atoms with Crippen LogP contribution in [0, 0.1) is 23.2 Å². The first-order valence-corrected chi connectivity index (χ1v) is 14.6. The second-order valence-corrected chi connectivity index (χ2v) is 12.7. The molecule has 1 aromatic rings. The second-order valence-electron chi connectivity index (χ2n) is 12.7. The smallest absolute Gasteiger partial charge is 0.113 e. The molecule has 0 spiro atoms. The summed E-state index contributed by atoms with van der Waals surface area (Å²) >= 11 is 0. The van der Waals surface area contributed by atoms with Crippen molar-refractivity contribution >= 4 is 0 Å². The van der Waals surface area contributed by atoms with Crippen molar-refractivity contribution in [2.24, 2.45) is 23.2 Å². The first-order chi connectivity index (χ1) is 17.7. The Labute approximate surface area is 222 Å². The lowest BCUT2D eigenvalue weighted by Gasteiger charge is -2.44. The number of aryl methyl sites for hydroxylation is 1. The van der Waals surface area contributed by atoms with Gasteiger partial charge in [-0.1, -0.05) is 57.2 Å². The van der Waals surface area contributed by atoms with E-state index in [4.69, 9.17) is 4.42 Å². The van der Waals surface area contributed by atoms with Gasteiger partial charge < -0.3 is 19.7 Å². The van der Waals surface area contributed by atoms with Gasteiger partial charge in [-0.25, -0.2) is 0 Å². The molecule has 3 N–H and O–H groups in total. The van der Waals surface area contributed by atoms with E-state index in [1.807, 2.05) is 6.26 Å². The number of aliphatic hydroxyl groups excluding tert-OH is 3. The predicted octanol–water partition coefficient (Wildman–Crippen LogP) is 6.57. The van der Waals surface area contributed by atoms with Crippen molar-refractivity contribution in [2.75, 3.05) is 0 Å². The summed E-state index contributed by atoms with van der Waals surface area (Å²) in [6.45, 7) is 11.0. The Kier molecular flexibility index (Phi) is 7.48. The molecule has 0 saturated heterocycles. The maximum absolute atomic E-state index is 11.2. The second kappa shape index (κ2) is 10.4. The lowest BCUT2D eigenvalue weighted by atomic mass is 9.61. The van der Waals surface area contributed by atoms with Gasteiger partial charge in [-0.2, -0.15) is 0 Å².